The summed E-state index contributed by atoms with van der Waals surface area (Å²) >= 11 is 1.46. The maximum atomic E-state index is 13.4. The van der Waals surface area contributed by atoms with Gasteiger partial charge in [0, 0.05) is 19.0 Å². The van der Waals surface area contributed by atoms with E-state index in [0.29, 0.717) is 5.16 Å². The van der Waals surface area contributed by atoms with Crippen LogP contribution in [-0.4, -0.2) is 32.0 Å². The largest absolute Gasteiger partial charge is 0.366 e. The van der Waals surface area contributed by atoms with Gasteiger partial charge in [-0.1, -0.05) is 17.8 Å². The Hall–Kier alpha value is -2.22. The summed E-state index contributed by atoms with van der Waals surface area (Å²) in [6.45, 7) is 0. The average Bonchev–Trinajstić information content (AvgIpc) is 3.24. The van der Waals surface area contributed by atoms with Gasteiger partial charge in [0.05, 0.1) is 11.6 Å². The maximum Gasteiger partial charge on any atom is 0.191 e. The highest BCUT2D eigenvalue weighted by Crippen LogP contribution is 2.43. The van der Waals surface area contributed by atoms with Crippen molar-refractivity contribution in [2.24, 2.45) is 7.05 Å². The first-order valence-electron chi connectivity index (χ1n) is 7.52. The number of aryl methyl sites for hydroxylation is 1. The predicted molar refractivity (Wildman–Crippen MR) is 89.2 cm³/mol. The van der Waals surface area contributed by atoms with E-state index < -0.39 is 11.6 Å². The Kier molecular flexibility index (Phi) is 3.64. The Labute approximate surface area is 141 Å². The molecule has 3 aromatic rings. The number of hydrogen-bond donors (Lipinski definition) is 1. The van der Waals surface area contributed by atoms with E-state index in [1.54, 1.807) is 16.9 Å². The Morgan fingerprint density at radius 2 is 2.08 bits per heavy atom. The summed E-state index contributed by atoms with van der Waals surface area (Å²) in [7, 11) is 1.84. The number of anilines is 1. The fraction of sp³-hybridized carbons (Fsp3) is 0.312. The molecule has 1 aliphatic rings. The number of nitrogens with zero attached hydrogens (tertiary/aromatic N) is 4. The van der Waals surface area contributed by atoms with Gasteiger partial charge in [-0.3, -0.25) is 4.68 Å². The molecular weight excluding hydrogens is 332 g/mol. The zero-order chi connectivity index (χ0) is 16.8. The Balaban J connectivity index is 1.60. The fourth-order valence-corrected chi connectivity index (χ4v) is 3.21. The van der Waals surface area contributed by atoms with E-state index in [1.165, 1.54) is 23.9 Å². The molecule has 5 nitrogen and oxygen atoms in total. The van der Waals surface area contributed by atoms with Crippen molar-refractivity contribution in [2.45, 2.75) is 23.5 Å². The van der Waals surface area contributed by atoms with Crippen molar-refractivity contribution in [3.63, 3.8) is 0 Å². The third-order valence-electron chi connectivity index (χ3n) is 4.24. The number of hydrogen-bond acceptors (Lipinski definition) is 5. The van der Waals surface area contributed by atoms with Gasteiger partial charge in [-0.15, -0.1) is 0 Å². The number of benzene rings is 1. The number of rotatable bonds is 4. The Morgan fingerprint density at radius 3 is 2.83 bits per heavy atom. The molecule has 1 aliphatic carbocycles. The lowest BCUT2D eigenvalue weighted by molar-refractivity contribution is 0.507. The first kappa shape index (κ1) is 15.3. The number of fused-ring (bicyclic) bond motifs is 1. The van der Waals surface area contributed by atoms with Crippen LogP contribution in [0.15, 0.2) is 29.6 Å². The first-order valence-corrected chi connectivity index (χ1v) is 8.74. The van der Waals surface area contributed by atoms with Crippen LogP contribution in [0.1, 0.15) is 17.9 Å². The van der Waals surface area contributed by atoms with E-state index in [0.717, 1.165) is 28.8 Å². The lowest BCUT2D eigenvalue weighted by Gasteiger charge is -2.08. The summed E-state index contributed by atoms with van der Waals surface area (Å²) in [5.74, 6) is -0.743. The number of halogens is 2. The second kappa shape index (κ2) is 5.70. The molecule has 2 atom stereocenters. The molecule has 0 radical (unpaired) electrons. The molecule has 0 aliphatic heterocycles. The molecular formula is C16H15F2N5S. The van der Waals surface area contributed by atoms with Crippen LogP contribution in [-0.2, 0) is 7.05 Å². The number of nitrogens with one attached hydrogen (secondary N) is 1. The van der Waals surface area contributed by atoms with Crippen LogP contribution in [0.25, 0.3) is 11.0 Å². The van der Waals surface area contributed by atoms with Crippen molar-refractivity contribution in [2.75, 3.05) is 11.6 Å². The van der Waals surface area contributed by atoms with Gasteiger partial charge in [0.15, 0.2) is 22.4 Å². The topological polar surface area (TPSA) is 55.6 Å². The molecule has 1 fully saturated rings. The normalized spacial score (nSPS) is 19.7. The zero-order valence-electron chi connectivity index (χ0n) is 13.1. The van der Waals surface area contributed by atoms with Crippen LogP contribution >= 0.6 is 11.8 Å². The fourth-order valence-electron chi connectivity index (χ4n) is 2.85. The molecule has 1 aromatic carbocycles. The molecule has 2 aromatic heterocycles. The van der Waals surface area contributed by atoms with E-state index >= 15 is 0 Å². The standard InChI is InChI=1S/C16H15F2N5S/c1-23-15-10(7-19-23)14(21-16(22-15)24-2)20-13-6-9(13)8-3-4-11(17)12(18)5-8/h3-5,7,9,13H,6H2,1-2H3,(H,20,21,22)/t9-,13+/m0/s1. The van der Waals surface area contributed by atoms with Crippen molar-refractivity contribution in [3.8, 4) is 0 Å². The molecule has 2 heterocycles. The lowest BCUT2D eigenvalue weighted by Crippen LogP contribution is -2.08. The number of thioether (sulfide) groups is 1. The lowest BCUT2D eigenvalue weighted by atomic mass is 10.1. The third-order valence-corrected chi connectivity index (χ3v) is 4.79. The quantitative estimate of drug-likeness (QED) is 0.579. The van der Waals surface area contributed by atoms with Crippen LogP contribution in [0.3, 0.4) is 0 Å². The van der Waals surface area contributed by atoms with E-state index in [-0.39, 0.29) is 12.0 Å². The van der Waals surface area contributed by atoms with Crippen molar-refractivity contribution in [1.82, 2.24) is 19.7 Å². The molecule has 0 unspecified atom stereocenters. The van der Waals surface area contributed by atoms with Crippen LogP contribution in [0.2, 0.25) is 0 Å². The van der Waals surface area contributed by atoms with Gasteiger partial charge in [0.2, 0.25) is 0 Å². The summed E-state index contributed by atoms with van der Waals surface area (Å²) in [4.78, 5) is 8.99. The minimum absolute atomic E-state index is 0.142. The van der Waals surface area contributed by atoms with Crippen LogP contribution in [0.5, 0.6) is 0 Å². The van der Waals surface area contributed by atoms with Crippen molar-refractivity contribution in [1.29, 1.82) is 0 Å². The van der Waals surface area contributed by atoms with Gasteiger partial charge in [0.1, 0.15) is 5.82 Å². The highest BCUT2D eigenvalue weighted by molar-refractivity contribution is 7.98. The van der Waals surface area contributed by atoms with Gasteiger partial charge < -0.3 is 5.32 Å². The molecule has 0 amide bonds. The number of aromatic nitrogens is 4. The third kappa shape index (κ3) is 2.60. The minimum atomic E-state index is -0.818. The van der Waals surface area contributed by atoms with Gasteiger partial charge in [-0.25, -0.2) is 18.7 Å². The summed E-state index contributed by atoms with van der Waals surface area (Å²) in [5, 5.41) is 9.15. The smallest absolute Gasteiger partial charge is 0.191 e. The van der Waals surface area contributed by atoms with Gasteiger partial charge in [0.25, 0.3) is 0 Å². The molecule has 1 saturated carbocycles. The van der Waals surface area contributed by atoms with Crippen LogP contribution < -0.4 is 5.32 Å². The Bertz CT molecular complexity index is 926. The zero-order valence-corrected chi connectivity index (χ0v) is 13.9. The minimum Gasteiger partial charge on any atom is -0.366 e. The monoisotopic (exact) mass is 347 g/mol. The highest BCUT2D eigenvalue weighted by Gasteiger charge is 2.39. The maximum absolute atomic E-state index is 13.4. The van der Waals surface area contributed by atoms with Crippen LogP contribution in [0, 0.1) is 11.6 Å². The molecule has 24 heavy (non-hydrogen) atoms. The second-order valence-electron chi connectivity index (χ2n) is 5.83. The summed E-state index contributed by atoms with van der Waals surface area (Å²) in [5.41, 5.74) is 1.56. The van der Waals surface area contributed by atoms with E-state index in [9.17, 15) is 8.78 Å². The van der Waals surface area contributed by atoms with E-state index in [4.69, 9.17) is 0 Å². The van der Waals surface area contributed by atoms with Gasteiger partial charge >= 0.3 is 0 Å². The second-order valence-corrected chi connectivity index (χ2v) is 6.60. The van der Waals surface area contributed by atoms with Gasteiger partial charge in [-0.2, -0.15) is 5.10 Å². The molecule has 0 spiro atoms. The SMILES string of the molecule is CSc1nc(N[C@@H]2C[C@H]2c2ccc(F)c(F)c2)c2cnn(C)c2n1. The molecule has 1 N–H and O–H groups in total. The molecule has 0 saturated heterocycles. The van der Waals surface area contributed by atoms with Crippen molar-refractivity contribution >= 4 is 28.6 Å². The van der Waals surface area contributed by atoms with E-state index in [1.807, 2.05) is 13.3 Å². The molecule has 4 rings (SSSR count). The summed E-state index contributed by atoms with van der Waals surface area (Å²) in [6, 6.07) is 4.23. The van der Waals surface area contributed by atoms with Crippen molar-refractivity contribution < 1.29 is 8.78 Å². The van der Waals surface area contributed by atoms with Crippen LogP contribution in [0.4, 0.5) is 14.6 Å². The predicted octanol–water partition coefficient (Wildman–Crippen LogP) is 3.33. The summed E-state index contributed by atoms with van der Waals surface area (Å²) in [6.07, 6.45) is 4.50. The molecule has 124 valence electrons. The van der Waals surface area contributed by atoms with Gasteiger partial charge in [-0.05, 0) is 30.4 Å². The summed E-state index contributed by atoms with van der Waals surface area (Å²) < 4.78 is 28.2. The molecule has 0 bridgehead atoms. The highest BCUT2D eigenvalue weighted by atomic mass is 32.2. The Morgan fingerprint density at radius 1 is 1.25 bits per heavy atom. The average molecular weight is 347 g/mol. The van der Waals surface area contributed by atoms with Crippen molar-refractivity contribution in [3.05, 3.63) is 41.6 Å². The molecule has 8 heteroatoms. The first-order chi connectivity index (χ1) is 11.6. The van der Waals surface area contributed by atoms with E-state index in [2.05, 4.69) is 20.4 Å².